The van der Waals surface area contributed by atoms with Crippen LogP contribution in [-0.2, 0) is 14.4 Å². The molecule has 0 spiro atoms. The minimum absolute atomic E-state index is 0.00996. The largest absolute Gasteiger partial charge is 0.346 e. The molecule has 7 heteroatoms. The van der Waals surface area contributed by atoms with Crippen LogP contribution >= 0.6 is 0 Å². The second kappa shape index (κ2) is 10.7. The molecule has 0 bridgehead atoms. The Kier molecular flexibility index (Phi) is 8.33. The molecule has 2 aromatic carbocycles. The third-order valence-electron chi connectivity index (χ3n) is 4.96. The zero-order valence-corrected chi connectivity index (χ0v) is 19.2. The summed E-state index contributed by atoms with van der Waals surface area (Å²) in [6, 6.07) is 9.81. The molecule has 2 aromatic rings. The van der Waals surface area contributed by atoms with E-state index in [0.29, 0.717) is 0 Å². The number of para-hydroxylation sites is 1. The molecule has 0 unspecified atom stereocenters. The molecule has 0 atom stereocenters. The van der Waals surface area contributed by atoms with Crippen LogP contribution in [-0.4, -0.2) is 49.3 Å². The van der Waals surface area contributed by atoms with Gasteiger partial charge in [-0.05, 0) is 63.9 Å². The van der Waals surface area contributed by atoms with Crippen molar-refractivity contribution < 1.29 is 14.4 Å². The first-order valence-electron chi connectivity index (χ1n) is 10.3. The SMILES string of the molecule is Cc1cc(C)c(NC(=O)CNC(=O)CN(C)CC(=O)Nc2c(C)cccc2C)c(C)c1. The quantitative estimate of drug-likeness (QED) is 0.608. The average molecular weight is 425 g/mol. The standard InChI is InChI=1S/C24H32N4O3/c1-15-10-18(4)24(19(5)11-15)26-20(29)12-25-21(30)13-28(6)14-22(31)27-23-16(2)8-7-9-17(23)3/h7-11H,12-14H2,1-6H3,(H,25,30)(H,26,29)(H,27,31). The number of aryl methyl sites for hydroxylation is 5. The van der Waals surface area contributed by atoms with Gasteiger partial charge in [0, 0.05) is 11.4 Å². The topological polar surface area (TPSA) is 90.5 Å². The maximum absolute atomic E-state index is 12.3. The number of rotatable bonds is 8. The Hall–Kier alpha value is -3.19. The first-order chi connectivity index (χ1) is 14.6. The van der Waals surface area contributed by atoms with Crippen molar-refractivity contribution in [3.8, 4) is 0 Å². The highest BCUT2D eigenvalue weighted by atomic mass is 16.2. The van der Waals surface area contributed by atoms with Gasteiger partial charge in [-0.2, -0.15) is 0 Å². The van der Waals surface area contributed by atoms with Crippen molar-refractivity contribution in [1.82, 2.24) is 10.2 Å². The summed E-state index contributed by atoms with van der Waals surface area (Å²) in [5.74, 6) is -0.815. The molecule has 0 heterocycles. The van der Waals surface area contributed by atoms with Crippen molar-refractivity contribution in [3.63, 3.8) is 0 Å². The van der Waals surface area contributed by atoms with E-state index in [0.717, 1.165) is 39.2 Å². The van der Waals surface area contributed by atoms with Crippen LogP contribution in [0.1, 0.15) is 27.8 Å². The predicted octanol–water partition coefficient (Wildman–Crippen LogP) is 2.85. The maximum Gasteiger partial charge on any atom is 0.243 e. The smallest absolute Gasteiger partial charge is 0.243 e. The summed E-state index contributed by atoms with van der Waals surface area (Å²) in [4.78, 5) is 38.3. The third-order valence-corrected chi connectivity index (χ3v) is 4.96. The molecule has 0 aromatic heterocycles. The van der Waals surface area contributed by atoms with E-state index in [2.05, 4.69) is 16.0 Å². The molecule has 0 saturated carbocycles. The maximum atomic E-state index is 12.3. The fourth-order valence-electron chi connectivity index (χ4n) is 3.53. The van der Waals surface area contributed by atoms with Crippen molar-refractivity contribution in [2.45, 2.75) is 34.6 Å². The summed E-state index contributed by atoms with van der Waals surface area (Å²) in [7, 11) is 1.68. The summed E-state index contributed by atoms with van der Waals surface area (Å²) >= 11 is 0. The van der Waals surface area contributed by atoms with Gasteiger partial charge in [0.25, 0.3) is 0 Å². The van der Waals surface area contributed by atoms with Crippen molar-refractivity contribution in [3.05, 3.63) is 58.1 Å². The van der Waals surface area contributed by atoms with E-state index in [9.17, 15) is 14.4 Å². The Bertz CT molecular complexity index is 942. The Labute approximate surface area is 184 Å². The normalized spacial score (nSPS) is 10.7. The molecule has 3 N–H and O–H groups in total. The monoisotopic (exact) mass is 424 g/mol. The van der Waals surface area contributed by atoms with E-state index in [1.165, 1.54) is 0 Å². The summed E-state index contributed by atoms with van der Waals surface area (Å²) in [5, 5.41) is 8.35. The minimum atomic E-state index is -0.324. The molecule has 0 saturated heterocycles. The number of anilines is 2. The highest BCUT2D eigenvalue weighted by molar-refractivity contribution is 5.96. The predicted molar refractivity (Wildman–Crippen MR) is 124 cm³/mol. The Balaban J connectivity index is 1.79. The number of amides is 3. The van der Waals surface area contributed by atoms with Gasteiger partial charge in [0.15, 0.2) is 0 Å². The van der Waals surface area contributed by atoms with Crippen molar-refractivity contribution in [2.24, 2.45) is 0 Å². The Morgan fingerprint density at radius 2 is 1.23 bits per heavy atom. The van der Waals surface area contributed by atoms with Gasteiger partial charge in [0.05, 0.1) is 19.6 Å². The molecule has 0 radical (unpaired) electrons. The number of carbonyl (C=O) groups is 3. The molecule has 7 nitrogen and oxygen atoms in total. The third kappa shape index (κ3) is 7.22. The fourth-order valence-corrected chi connectivity index (χ4v) is 3.53. The minimum Gasteiger partial charge on any atom is -0.346 e. The molecule has 2 rings (SSSR count). The zero-order chi connectivity index (χ0) is 23.1. The van der Waals surface area contributed by atoms with Gasteiger partial charge in [0.1, 0.15) is 0 Å². The zero-order valence-electron chi connectivity index (χ0n) is 19.2. The summed E-state index contributed by atoms with van der Waals surface area (Å²) < 4.78 is 0. The second-order valence-electron chi connectivity index (χ2n) is 8.09. The van der Waals surface area contributed by atoms with Crippen LogP contribution in [0, 0.1) is 34.6 Å². The van der Waals surface area contributed by atoms with Gasteiger partial charge in [-0.25, -0.2) is 0 Å². The molecular weight excluding hydrogens is 392 g/mol. The van der Waals surface area contributed by atoms with Gasteiger partial charge in [-0.15, -0.1) is 0 Å². The number of benzene rings is 2. The number of hydrogen-bond acceptors (Lipinski definition) is 4. The summed E-state index contributed by atoms with van der Waals surface area (Å²) in [5.41, 5.74) is 6.62. The van der Waals surface area contributed by atoms with Crippen LogP contribution in [0.4, 0.5) is 11.4 Å². The number of likely N-dealkylation sites (N-methyl/N-ethyl adjacent to an activating group) is 1. The number of nitrogens with zero attached hydrogens (tertiary/aromatic N) is 1. The van der Waals surface area contributed by atoms with Crippen LogP contribution in [0.5, 0.6) is 0 Å². The van der Waals surface area contributed by atoms with Crippen LogP contribution in [0.25, 0.3) is 0 Å². The fraction of sp³-hybridized carbons (Fsp3) is 0.375. The van der Waals surface area contributed by atoms with E-state index < -0.39 is 0 Å². The highest BCUT2D eigenvalue weighted by Crippen LogP contribution is 2.21. The van der Waals surface area contributed by atoms with E-state index in [-0.39, 0.29) is 37.4 Å². The van der Waals surface area contributed by atoms with Crippen LogP contribution in [0.15, 0.2) is 30.3 Å². The molecule has 0 aliphatic carbocycles. The first-order valence-corrected chi connectivity index (χ1v) is 10.3. The molecule has 166 valence electrons. The molecular formula is C24H32N4O3. The Morgan fingerprint density at radius 1 is 0.742 bits per heavy atom. The van der Waals surface area contributed by atoms with Crippen molar-refractivity contribution in [1.29, 1.82) is 0 Å². The van der Waals surface area contributed by atoms with E-state index in [4.69, 9.17) is 0 Å². The first kappa shape index (κ1) is 24.1. The van der Waals surface area contributed by atoms with Crippen molar-refractivity contribution in [2.75, 3.05) is 37.3 Å². The summed E-state index contributed by atoms with van der Waals surface area (Å²) in [6.45, 7) is 9.69. The molecule has 0 aliphatic heterocycles. The van der Waals surface area contributed by atoms with Crippen LogP contribution in [0.3, 0.4) is 0 Å². The van der Waals surface area contributed by atoms with Gasteiger partial charge >= 0.3 is 0 Å². The van der Waals surface area contributed by atoms with Crippen LogP contribution in [0.2, 0.25) is 0 Å². The van der Waals surface area contributed by atoms with Gasteiger partial charge in [-0.1, -0.05) is 35.9 Å². The average Bonchev–Trinajstić information content (AvgIpc) is 2.66. The molecule has 3 amide bonds. The lowest BCUT2D eigenvalue weighted by Crippen LogP contribution is -2.41. The molecule has 0 fully saturated rings. The molecule has 31 heavy (non-hydrogen) atoms. The number of carbonyl (C=O) groups excluding carboxylic acids is 3. The number of hydrogen-bond donors (Lipinski definition) is 3. The number of nitrogens with one attached hydrogen (secondary N) is 3. The van der Waals surface area contributed by atoms with Gasteiger partial charge < -0.3 is 16.0 Å². The second-order valence-corrected chi connectivity index (χ2v) is 8.09. The lowest BCUT2D eigenvalue weighted by molar-refractivity contribution is -0.125. The van der Waals surface area contributed by atoms with E-state index >= 15 is 0 Å². The van der Waals surface area contributed by atoms with Gasteiger partial charge in [0.2, 0.25) is 17.7 Å². The lowest BCUT2D eigenvalue weighted by Gasteiger charge is -2.17. The lowest BCUT2D eigenvalue weighted by atomic mass is 10.1. The van der Waals surface area contributed by atoms with E-state index in [1.807, 2.05) is 65.0 Å². The summed E-state index contributed by atoms with van der Waals surface area (Å²) in [6.07, 6.45) is 0. The van der Waals surface area contributed by atoms with Crippen LogP contribution < -0.4 is 16.0 Å². The van der Waals surface area contributed by atoms with Gasteiger partial charge in [-0.3, -0.25) is 19.3 Å². The van der Waals surface area contributed by atoms with Crippen molar-refractivity contribution >= 4 is 29.1 Å². The molecule has 0 aliphatic rings. The van der Waals surface area contributed by atoms with E-state index in [1.54, 1.807) is 11.9 Å². The highest BCUT2D eigenvalue weighted by Gasteiger charge is 2.14. The Morgan fingerprint density at radius 3 is 1.81 bits per heavy atom.